The van der Waals surface area contributed by atoms with Gasteiger partial charge in [0.25, 0.3) is 0 Å². The van der Waals surface area contributed by atoms with Gasteiger partial charge in [-0.3, -0.25) is 0 Å². The first kappa shape index (κ1) is 19.5. The molecule has 0 aliphatic carbocycles. The van der Waals surface area contributed by atoms with E-state index in [4.69, 9.17) is 14.5 Å². The van der Waals surface area contributed by atoms with Crippen LogP contribution in [0.3, 0.4) is 0 Å². The molecule has 1 aromatic heterocycles. The number of nitrogens with one attached hydrogen (secondary N) is 1. The van der Waals surface area contributed by atoms with Gasteiger partial charge in [-0.15, -0.1) is 0 Å². The van der Waals surface area contributed by atoms with Crippen molar-refractivity contribution in [3.8, 4) is 11.5 Å². The molecule has 0 unspecified atom stereocenters. The quantitative estimate of drug-likeness (QED) is 0.623. The highest BCUT2D eigenvalue weighted by atomic mass is 16.5. The first-order valence-corrected chi connectivity index (χ1v) is 9.23. The van der Waals surface area contributed by atoms with Crippen LogP contribution in [0.4, 0.5) is 23.1 Å². The number of aryl methyl sites for hydroxylation is 2. The van der Waals surface area contributed by atoms with Crippen LogP contribution in [0, 0.1) is 13.8 Å². The first-order chi connectivity index (χ1) is 13.5. The van der Waals surface area contributed by atoms with Crippen LogP contribution in [0.15, 0.2) is 48.5 Å². The number of aromatic nitrogens is 2. The highest BCUT2D eigenvalue weighted by Gasteiger charge is 2.13. The smallest absolute Gasteiger partial charge is 0.229 e. The summed E-state index contributed by atoms with van der Waals surface area (Å²) in [4.78, 5) is 11.4. The normalized spacial score (nSPS) is 10.5. The van der Waals surface area contributed by atoms with Gasteiger partial charge < -0.3 is 19.7 Å². The van der Waals surface area contributed by atoms with Gasteiger partial charge in [-0.1, -0.05) is 12.1 Å². The molecule has 1 N–H and O–H groups in total. The van der Waals surface area contributed by atoms with Crippen molar-refractivity contribution in [1.29, 1.82) is 0 Å². The number of methoxy groups -OCH3 is 2. The molecule has 0 atom stereocenters. The molecular weight excluding hydrogens is 352 g/mol. The van der Waals surface area contributed by atoms with Gasteiger partial charge in [-0.2, -0.15) is 4.98 Å². The maximum absolute atomic E-state index is 5.44. The predicted octanol–water partition coefficient (Wildman–Crippen LogP) is 5.01. The molecule has 0 saturated carbocycles. The Morgan fingerprint density at radius 1 is 0.964 bits per heavy atom. The maximum Gasteiger partial charge on any atom is 0.229 e. The number of hydrogen-bond acceptors (Lipinski definition) is 6. The van der Waals surface area contributed by atoms with E-state index in [9.17, 15) is 0 Å². The van der Waals surface area contributed by atoms with E-state index in [1.165, 1.54) is 5.56 Å². The monoisotopic (exact) mass is 378 g/mol. The molecule has 2 aromatic carbocycles. The van der Waals surface area contributed by atoms with Crippen molar-refractivity contribution in [2.24, 2.45) is 0 Å². The van der Waals surface area contributed by atoms with E-state index in [-0.39, 0.29) is 0 Å². The lowest BCUT2D eigenvalue weighted by Crippen LogP contribution is -2.18. The van der Waals surface area contributed by atoms with Gasteiger partial charge in [0.2, 0.25) is 5.95 Å². The summed E-state index contributed by atoms with van der Waals surface area (Å²) in [5.41, 5.74) is 3.93. The standard InChI is InChI=1S/C22H26N4O2/c1-6-26(17-9-7-8-15(2)12-17)21-13-16(3)23-22(25-21)24-19-14-18(27-4)10-11-20(19)28-5/h7-14H,6H2,1-5H3,(H,23,24,25). The van der Waals surface area contributed by atoms with E-state index in [0.717, 1.165) is 35.2 Å². The number of nitrogens with zero attached hydrogens (tertiary/aromatic N) is 3. The van der Waals surface area contributed by atoms with Crippen LogP contribution >= 0.6 is 0 Å². The minimum Gasteiger partial charge on any atom is -0.497 e. The van der Waals surface area contributed by atoms with Crippen molar-refractivity contribution in [3.05, 3.63) is 59.8 Å². The van der Waals surface area contributed by atoms with Crippen LogP contribution in [-0.4, -0.2) is 30.7 Å². The molecular formula is C22H26N4O2. The Morgan fingerprint density at radius 2 is 1.79 bits per heavy atom. The Bertz CT molecular complexity index is 959. The van der Waals surface area contributed by atoms with E-state index >= 15 is 0 Å². The van der Waals surface area contributed by atoms with Gasteiger partial charge in [0.1, 0.15) is 17.3 Å². The summed E-state index contributed by atoms with van der Waals surface area (Å²) in [5.74, 6) is 2.77. The summed E-state index contributed by atoms with van der Waals surface area (Å²) in [6.45, 7) is 6.95. The van der Waals surface area contributed by atoms with E-state index in [1.54, 1.807) is 14.2 Å². The molecule has 6 heteroatoms. The molecule has 28 heavy (non-hydrogen) atoms. The molecule has 0 fully saturated rings. The number of hydrogen-bond donors (Lipinski definition) is 1. The van der Waals surface area contributed by atoms with Gasteiger partial charge >= 0.3 is 0 Å². The fraction of sp³-hybridized carbons (Fsp3) is 0.273. The molecule has 0 amide bonds. The minimum absolute atomic E-state index is 0.507. The minimum atomic E-state index is 0.507. The molecule has 0 spiro atoms. The average molecular weight is 378 g/mol. The van der Waals surface area contributed by atoms with Crippen LogP contribution < -0.4 is 19.7 Å². The van der Waals surface area contributed by atoms with Crippen LogP contribution in [0.1, 0.15) is 18.2 Å². The largest absolute Gasteiger partial charge is 0.497 e. The highest BCUT2D eigenvalue weighted by Crippen LogP contribution is 2.32. The summed E-state index contributed by atoms with van der Waals surface area (Å²) < 4.78 is 10.8. The van der Waals surface area contributed by atoms with Crippen molar-refractivity contribution in [3.63, 3.8) is 0 Å². The molecule has 0 bridgehead atoms. The Morgan fingerprint density at radius 3 is 2.46 bits per heavy atom. The van der Waals surface area contributed by atoms with E-state index in [0.29, 0.717) is 11.7 Å². The topological polar surface area (TPSA) is 59.5 Å². The fourth-order valence-corrected chi connectivity index (χ4v) is 3.05. The molecule has 0 aliphatic rings. The number of benzene rings is 2. The summed E-state index contributed by atoms with van der Waals surface area (Å²) >= 11 is 0. The van der Waals surface area contributed by atoms with Gasteiger partial charge in [-0.25, -0.2) is 4.98 Å². The van der Waals surface area contributed by atoms with Gasteiger partial charge in [0.15, 0.2) is 0 Å². The van der Waals surface area contributed by atoms with Gasteiger partial charge in [0.05, 0.1) is 19.9 Å². The zero-order chi connectivity index (χ0) is 20.1. The molecule has 6 nitrogen and oxygen atoms in total. The highest BCUT2D eigenvalue weighted by molar-refractivity contribution is 5.67. The van der Waals surface area contributed by atoms with Crippen molar-refractivity contribution < 1.29 is 9.47 Å². The number of ether oxygens (including phenoxy) is 2. The number of rotatable bonds is 7. The Balaban J connectivity index is 1.98. The SMILES string of the molecule is CCN(c1cccc(C)c1)c1cc(C)nc(Nc2cc(OC)ccc2OC)n1. The van der Waals surface area contributed by atoms with Crippen molar-refractivity contribution in [2.75, 3.05) is 31.0 Å². The Hall–Kier alpha value is -3.28. The Kier molecular flexibility index (Phi) is 5.99. The predicted molar refractivity (Wildman–Crippen MR) is 113 cm³/mol. The van der Waals surface area contributed by atoms with Gasteiger partial charge in [-0.05, 0) is 50.6 Å². The van der Waals surface area contributed by atoms with E-state index in [1.807, 2.05) is 31.2 Å². The van der Waals surface area contributed by atoms with Crippen molar-refractivity contribution in [1.82, 2.24) is 9.97 Å². The molecule has 3 aromatic rings. The molecule has 1 heterocycles. The van der Waals surface area contributed by atoms with E-state index in [2.05, 4.69) is 53.3 Å². The third-order valence-corrected chi connectivity index (χ3v) is 4.40. The molecule has 0 radical (unpaired) electrons. The third kappa shape index (κ3) is 4.34. The van der Waals surface area contributed by atoms with E-state index < -0.39 is 0 Å². The lowest BCUT2D eigenvalue weighted by atomic mass is 10.2. The molecule has 146 valence electrons. The Labute approximate surface area is 166 Å². The zero-order valence-electron chi connectivity index (χ0n) is 17.0. The maximum atomic E-state index is 5.44. The molecule has 0 aliphatic heterocycles. The lowest BCUT2D eigenvalue weighted by molar-refractivity contribution is 0.405. The molecule has 3 rings (SSSR count). The van der Waals surface area contributed by atoms with Crippen LogP contribution in [0.5, 0.6) is 11.5 Å². The second-order valence-corrected chi connectivity index (χ2v) is 6.47. The average Bonchev–Trinajstić information content (AvgIpc) is 2.68. The van der Waals surface area contributed by atoms with Crippen molar-refractivity contribution >= 4 is 23.1 Å². The zero-order valence-corrected chi connectivity index (χ0v) is 17.0. The summed E-state index contributed by atoms with van der Waals surface area (Å²) in [7, 11) is 3.26. The second kappa shape index (κ2) is 8.61. The summed E-state index contributed by atoms with van der Waals surface area (Å²) in [6, 6.07) is 15.9. The lowest BCUT2D eigenvalue weighted by Gasteiger charge is -2.23. The van der Waals surface area contributed by atoms with Crippen LogP contribution in [0.25, 0.3) is 0 Å². The summed E-state index contributed by atoms with van der Waals surface area (Å²) in [5, 5.41) is 3.27. The fourth-order valence-electron chi connectivity index (χ4n) is 3.05. The van der Waals surface area contributed by atoms with Crippen molar-refractivity contribution in [2.45, 2.75) is 20.8 Å². The number of anilines is 4. The second-order valence-electron chi connectivity index (χ2n) is 6.47. The first-order valence-electron chi connectivity index (χ1n) is 9.23. The third-order valence-electron chi connectivity index (χ3n) is 4.40. The van der Waals surface area contributed by atoms with Crippen LogP contribution in [-0.2, 0) is 0 Å². The summed E-state index contributed by atoms with van der Waals surface area (Å²) in [6.07, 6.45) is 0. The van der Waals surface area contributed by atoms with Crippen LogP contribution in [0.2, 0.25) is 0 Å². The molecule has 0 saturated heterocycles. The van der Waals surface area contributed by atoms with Gasteiger partial charge in [0, 0.05) is 30.1 Å².